The number of hydrogen-bond donors (Lipinski definition) is 1. The van der Waals surface area contributed by atoms with Crippen LogP contribution in [-0.4, -0.2) is 38.2 Å². The number of carbonyl (C=O) groups is 1. The molecule has 2 aromatic carbocycles. The molecule has 0 aliphatic heterocycles. The molecule has 8 heteroatoms. The van der Waals surface area contributed by atoms with Crippen molar-refractivity contribution >= 4 is 17.7 Å². The maximum Gasteiger partial charge on any atom is 0.316 e. The zero-order valence-corrected chi connectivity index (χ0v) is 16.6. The quantitative estimate of drug-likeness (QED) is 0.578. The lowest BCUT2D eigenvalue weighted by atomic mass is 10.2. The fourth-order valence-corrected chi connectivity index (χ4v) is 3.34. The summed E-state index contributed by atoms with van der Waals surface area (Å²) in [6.07, 6.45) is 0. The predicted molar refractivity (Wildman–Crippen MR) is 106 cm³/mol. The second-order valence-electron chi connectivity index (χ2n) is 6.14. The highest BCUT2D eigenvalue weighted by Gasteiger charge is 2.21. The summed E-state index contributed by atoms with van der Waals surface area (Å²) >= 11 is 1.13. The zero-order chi connectivity index (χ0) is 20.1. The van der Waals surface area contributed by atoms with Crippen molar-refractivity contribution in [3.63, 3.8) is 0 Å². The highest BCUT2D eigenvalue weighted by Crippen LogP contribution is 2.27. The molecule has 3 rings (SSSR count). The van der Waals surface area contributed by atoms with Crippen LogP contribution < -0.4 is 9.47 Å². The molecular weight excluding hydrogens is 378 g/mol. The van der Waals surface area contributed by atoms with Crippen molar-refractivity contribution in [2.75, 3.05) is 7.11 Å². The lowest BCUT2D eigenvalue weighted by Gasteiger charge is -2.13. The number of hydrogen-bond acceptors (Lipinski definition) is 6. The Kier molecular flexibility index (Phi) is 6.20. The summed E-state index contributed by atoms with van der Waals surface area (Å²) in [7, 11) is 1.60. The Morgan fingerprint density at radius 3 is 2.57 bits per heavy atom. The van der Waals surface area contributed by atoms with Crippen LogP contribution in [0.4, 0.5) is 0 Å². The van der Waals surface area contributed by atoms with E-state index in [-0.39, 0.29) is 6.61 Å². The average molecular weight is 399 g/mol. The van der Waals surface area contributed by atoms with Crippen LogP contribution in [0, 0.1) is 6.92 Å². The van der Waals surface area contributed by atoms with Crippen molar-refractivity contribution < 1.29 is 19.4 Å². The third-order valence-corrected chi connectivity index (χ3v) is 5.05. The molecule has 3 aromatic rings. The van der Waals surface area contributed by atoms with Crippen molar-refractivity contribution in [3.05, 3.63) is 59.9 Å². The molecule has 0 aliphatic rings. The first-order chi connectivity index (χ1) is 13.5. The van der Waals surface area contributed by atoms with Crippen molar-refractivity contribution in [3.8, 4) is 17.2 Å². The van der Waals surface area contributed by atoms with Gasteiger partial charge in [0.1, 0.15) is 23.4 Å². The van der Waals surface area contributed by atoms with Crippen molar-refractivity contribution in [1.82, 2.24) is 14.8 Å². The minimum Gasteiger partial charge on any atom is -0.497 e. The maximum absolute atomic E-state index is 11.3. The number of carboxylic acids is 1. The van der Waals surface area contributed by atoms with E-state index in [1.165, 1.54) is 0 Å². The Balaban J connectivity index is 1.91. The Morgan fingerprint density at radius 1 is 1.18 bits per heavy atom. The highest BCUT2D eigenvalue weighted by atomic mass is 32.2. The van der Waals surface area contributed by atoms with E-state index in [2.05, 4.69) is 10.2 Å². The van der Waals surface area contributed by atoms with E-state index in [0.29, 0.717) is 11.0 Å². The van der Waals surface area contributed by atoms with Crippen LogP contribution in [0.1, 0.15) is 18.3 Å². The molecule has 7 nitrogen and oxygen atoms in total. The van der Waals surface area contributed by atoms with Crippen molar-refractivity contribution in [2.45, 2.75) is 30.9 Å². The van der Waals surface area contributed by atoms with Crippen LogP contribution in [0.25, 0.3) is 5.69 Å². The molecule has 1 aromatic heterocycles. The second kappa shape index (κ2) is 8.79. The molecule has 1 atom stereocenters. The zero-order valence-electron chi connectivity index (χ0n) is 15.8. The molecule has 0 unspecified atom stereocenters. The van der Waals surface area contributed by atoms with Crippen LogP contribution in [0.2, 0.25) is 0 Å². The van der Waals surface area contributed by atoms with Gasteiger partial charge in [-0.2, -0.15) is 0 Å². The van der Waals surface area contributed by atoms with Gasteiger partial charge in [-0.25, -0.2) is 0 Å². The number of aliphatic carboxylic acids is 1. The molecule has 1 heterocycles. The van der Waals surface area contributed by atoms with Gasteiger partial charge in [-0.3, -0.25) is 9.36 Å². The number of aryl methyl sites for hydroxylation is 1. The van der Waals surface area contributed by atoms with E-state index in [9.17, 15) is 9.90 Å². The molecule has 0 radical (unpaired) electrons. The highest BCUT2D eigenvalue weighted by molar-refractivity contribution is 8.00. The van der Waals surface area contributed by atoms with E-state index in [1.807, 2.05) is 55.5 Å². The molecule has 1 N–H and O–H groups in total. The second-order valence-corrected chi connectivity index (χ2v) is 7.44. The summed E-state index contributed by atoms with van der Waals surface area (Å²) < 4.78 is 12.9. The summed E-state index contributed by atoms with van der Waals surface area (Å²) in [6.45, 7) is 3.81. The fourth-order valence-electron chi connectivity index (χ4n) is 2.52. The minimum atomic E-state index is -0.910. The molecule has 0 saturated carbocycles. The van der Waals surface area contributed by atoms with E-state index < -0.39 is 11.2 Å². The first-order valence-electron chi connectivity index (χ1n) is 8.65. The molecule has 146 valence electrons. The first kappa shape index (κ1) is 19.8. The minimum absolute atomic E-state index is 0.199. The Morgan fingerprint density at radius 2 is 1.93 bits per heavy atom. The Hall–Kier alpha value is -3.00. The maximum atomic E-state index is 11.3. The van der Waals surface area contributed by atoms with Gasteiger partial charge < -0.3 is 14.6 Å². The number of thioether (sulfide) groups is 1. The van der Waals surface area contributed by atoms with Crippen LogP contribution in [0.3, 0.4) is 0 Å². The summed E-state index contributed by atoms with van der Waals surface area (Å²) in [6, 6.07) is 15.1. The topological polar surface area (TPSA) is 86.5 Å². The Bertz CT molecular complexity index is 956. The molecule has 0 amide bonds. The van der Waals surface area contributed by atoms with Gasteiger partial charge in [0.15, 0.2) is 11.0 Å². The number of rotatable bonds is 8. The summed E-state index contributed by atoms with van der Waals surface area (Å²) in [5.74, 6) is 1.12. The van der Waals surface area contributed by atoms with Gasteiger partial charge in [0.05, 0.1) is 7.11 Å². The Labute approximate surface area is 167 Å². The number of nitrogens with zero attached hydrogens (tertiary/aromatic N) is 3. The molecule has 0 spiro atoms. The lowest BCUT2D eigenvalue weighted by Crippen LogP contribution is -2.13. The van der Waals surface area contributed by atoms with Gasteiger partial charge in [-0.15, -0.1) is 10.2 Å². The number of methoxy groups -OCH3 is 1. The summed E-state index contributed by atoms with van der Waals surface area (Å²) in [5, 5.41) is 17.5. The molecular formula is C20H21N3O4S. The average Bonchev–Trinajstić information content (AvgIpc) is 3.08. The molecule has 0 saturated heterocycles. The standard InChI is InChI=1S/C20H21N3O4S/c1-13-5-4-6-17(11-13)27-12-18-21-22-20(28-14(2)19(24)25)23(18)15-7-9-16(26-3)10-8-15/h4-11,14H,12H2,1-3H3,(H,24,25)/t14-/m1/s1. The van der Waals surface area contributed by atoms with Crippen molar-refractivity contribution in [2.24, 2.45) is 0 Å². The third kappa shape index (κ3) is 4.64. The first-order valence-corrected chi connectivity index (χ1v) is 9.53. The van der Waals surface area contributed by atoms with Gasteiger partial charge >= 0.3 is 5.97 Å². The number of carboxylic acid groups (broad SMARTS) is 1. The number of ether oxygens (including phenoxy) is 2. The predicted octanol–water partition coefficient (Wildman–Crippen LogP) is 3.73. The van der Waals surface area contributed by atoms with E-state index in [1.54, 1.807) is 18.6 Å². The van der Waals surface area contributed by atoms with Crippen LogP contribution >= 0.6 is 11.8 Å². The van der Waals surface area contributed by atoms with Gasteiger partial charge in [0, 0.05) is 5.69 Å². The van der Waals surface area contributed by atoms with Crippen molar-refractivity contribution in [1.29, 1.82) is 0 Å². The number of benzene rings is 2. The summed E-state index contributed by atoms with van der Waals surface area (Å²) in [4.78, 5) is 11.3. The van der Waals surface area contributed by atoms with Crippen LogP contribution in [-0.2, 0) is 11.4 Å². The van der Waals surface area contributed by atoms with E-state index in [0.717, 1.165) is 34.5 Å². The molecule has 0 aliphatic carbocycles. The van der Waals surface area contributed by atoms with Gasteiger partial charge in [0.25, 0.3) is 0 Å². The van der Waals surface area contributed by atoms with Crippen LogP contribution in [0.5, 0.6) is 11.5 Å². The lowest BCUT2D eigenvalue weighted by molar-refractivity contribution is -0.136. The smallest absolute Gasteiger partial charge is 0.316 e. The molecule has 0 fully saturated rings. The third-order valence-electron chi connectivity index (χ3n) is 4.02. The largest absolute Gasteiger partial charge is 0.497 e. The van der Waals surface area contributed by atoms with E-state index >= 15 is 0 Å². The summed E-state index contributed by atoms with van der Waals surface area (Å²) in [5.41, 5.74) is 1.90. The SMILES string of the molecule is COc1ccc(-n2c(COc3cccc(C)c3)nnc2S[C@H](C)C(=O)O)cc1. The molecule has 0 bridgehead atoms. The monoisotopic (exact) mass is 399 g/mol. The normalized spacial score (nSPS) is 11.8. The van der Waals surface area contributed by atoms with Gasteiger partial charge in [-0.1, -0.05) is 23.9 Å². The fraction of sp³-hybridized carbons (Fsp3) is 0.250. The molecule has 28 heavy (non-hydrogen) atoms. The van der Waals surface area contributed by atoms with Crippen LogP contribution in [0.15, 0.2) is 53.7 Å². The number of aromatic nitrogens is 3. The van der Waals surface area contributed by atoms with Gasteiger partial charge in [-0.05, 0) is 55.8 Å². The van der Waals surface area contributed by atoms with Gasteiger partial charge in [0.2, 0.25) is 0 Å². The van der Waals surface area contributed by atoms with E-state index in [4.69, 9.17) is 9.47 Å².